The summed E-state index contributed by atoms with van der Waals surface area (Å²) in [6.07, 6.45) is 3.68. The SMILES string of the molecule is COc1cc(N2C(=O)[C@@H]3[C@H](C2=O)[C@@H]2c4ccccc4C=CN2[C@H]3C(C)=O)c(C)cc1[N+](=O)[O-]. The summed E-state index contributed by atoms with van der Waals surface area (Å²) in [5, 5.41) is 11.4. The van der Waals surface area contributed by atoms with Crippen LogP contribution in [0.1, 0.15) is 29.7 Å². The summed E-state index contributed by atoms with van der Waals surface area (Å²) in [5.41, 5.74) is 2.20. The number of aryl methyl sites for hydroxylation is 1. The molecule has 0 unspecified atom stereocenters. The normalized spacial score (nSPS) is 25.1. The molecule has 5 rings (SSSR count). The van der Waals surface area contributed by atoms with Crippen molar-refractivity contribution in [3.8, 4) is 5.75 Å². The second kappa shape index (κ2) is 7.26. The first-order valence-corrected chi connectivity index (χ1v) is 10.5. The molecule has 0 saturated carbocycles. The molecule has 33 heavy (non-hydrogen) atoms. The van der Waals surface area contributed by atoms with E-state index in [1.54, 1.807) is 13.1 Å². The van der Waals surface area contributed by atoms with Gasteiger partial charge in [0.25, 0.3) is 0 Å². The maximum atomic E-state index is 13.8. The molecular formula is C24H21N3O6. The number of hydrogen-bond acceptors (Lipinski definition) is 7. The Morgan fingerprint density at radius 3 is 2.48 bits per heavy atom. The van der Waals surface area contributed by atoms with Crippen LogP contribution in [0, 0.1) is 28.9 Å². The van der Waals surface area contributed by atoms with E-state index in [0.29, 0.717) is 5.56 Å². The lowest BCUT2D eigenvalue weighted by molar-refractivity contribution is -0.385. The highest BCUT2D eigenvalue weighted by molar-refractivity contribution is 6.24. The van der Waals surface area contributed by atoms with E-state index >= 15 is 0 Å². The van der Waals surface area contributed by atoms with Crippen LogP contribution in [0.5, 0.6) is 5.75 Å². The molecule has 0 bridgehead atoms. The fourth-order valence-electron chi connectivity index (χ4n) is 5.47. The fraction of sp³-hybridized carbons (Fsp3) is 0.292. The van der Waals surface area contributed by atoms with Gasteiger partial charge >= 0.3 is 5.69 Å². The van der Waals surface area contributed by atoms with E-state index < -0.39 is 40.7 Å². The predicted octanol–water partition coefficient (Wildman–Crippen LogP) is 3.02. The maximum absolute atomic E-state index is 13.8. The third-order valence-corrected chi connectivity index (χ3v) is 6.81. The predicted molar refractivity (Wildman–Crippen MR) is 118 cm³/mol. The Morgan fingerprint density at radius 1 is 1.12 bits per heavy atom. The maximum Gasteiger partial charge on any atom is 0.311 e. The molecular weight excluding hydrogens is 426 g/mol. The van der Waals surface area contributed by atoms with Crippen LogP contribution in [0.15, 0.2) is 42.6 Å². The summed E-state index contributed by atoms with van der Waals surface area (Å²) < 4.78 is 5.16. The number of ether oxygens (including phenoxy) is 1. The van der Waals surface area contributed by atoms with Crippen molar-refractivity contribution in [2.45, 2.75) is 25.9 Å². The number of benzene rings is 2. The summed E-state index contributed by atoms with van der Waals surface area (Å²) in [5.74, 6) is -2.75. The zero-order chi connectivity index (χ0) is 23.6. The van der Waals surface area contributed by atoms with Crippen molar-refractivity contribution in [1.82, 2.24) is 4.90 Å². The molecule has 168 valence electrons. The molecule has 9 heteroatoms. The van der Waals surface area contributed by atoms with Crippen molar-refractivity contribution in [3.05, 3.63) is 69.4 Å². The minimum absolute atomic E-state index is 0.0473. The van der Waals surface area contributed by atoms with E-state index in [1.807, 2.05) is 35.2 Å². The van der Waals surface area contributed by atoms with Gasteiger partial charge in [-0.1, -0.05) is 24.3 Å². The Bertz CT molecular complexity index is 1270. The summed E-state index contributed by atoms with van der Waals surface area (Å²) >= 11 is 0. The number of hydrogen-bond donors (Lipinski definition) is 0. The largest absolute Gasteiger partial charge is 0.490 e. The molecule has 0 radical (unpaired) electrons. The summed E-state index contributed by atoms with van der Waals surface area (Å²) in [4.78, 5) is 53.8. The van der Waals surface area contributed by atoms with Gasteiger partial charge in [-0.15, -0.1) is 0 Å². The number of ketones is 1. The Labute approximate surface area is 189 Å². The molecule has 2 aromatic rings. The van der Waals surface area contributed by atoms with E-state index in [1.165, 1.54) is 26.2 Å². The Hall–Kier alpha value is -4.01. The van der Waals surface area contributed by atoms with Gasteiger partial charge < -0.3 is 9.64 Å². The fourth-order valence-corrected chi connectivity index (χ4v) is 5.47. The van der Waals surface area contributed by atoms with Crippen molar-refractivity contribution in [3.63, 3.8) is 0 Å². The zero-order valence-corrected chi connectivity index (χ0v) is 18.2. The molecule has 3 aliphatic rings. The van der Waals surface area contributed by atoms with Crippen LogP contribution < -0.4 is 9.64 Å². The first-order valence-electron chi connectivity index (χ1n) is 10.5. The molecule has 2 saturated heterocycles. The van der Waals surface area contributed by atoms with Crippen molar-refractivity contribution in [2.75, 3.05) is 12.0 Å². The van der Waals surface area contributed by atoms with Crippen molar-refractivity contribution >= 4 is 35.0 Å². The molecule has 3 aliphatic heterocycles. The average molecular weight is 447 g/mol. The van der Waals surface area contributed by atoms with Crippen molar-refractivity contribution in [2.24, 2.45) is 11.8 Å². The van der Waals surface area contributed by atoms with Crippen LogP contribution in [0.3, 0.4) is 0 Å². The Balaban J connectivity index is 1.65. The number of methoxy groups -OCH3 is 1. The smallest absolute Gasteiger partial charge is 0.311 e. The van der Waals surface area contributed by atoms with E-state index in [9.17, 15) is 24.5 Å². The van der Waals surface area contributed by atoms with Gasteiger partial charge in [0.2, 0.25) is 11.8 Å². The molecule has 0 N–H and O–H groups in total. The third kappa shape index (κ3) is 2.81. The van der Waals surface area contributed by atoms with Crippen LogP contribution in [0.2, 0.25) is 0 Å². The lowest BCUT2D eigenvalue weighted by atomic mass is 9.84. The number of nitro groups is 1. The van der Waals surface area contributed by atoms with Crippen molar-refractivity contribution < 1.29 is 24.0 Å². The molecule has 0 aliphatic carbocycles. The number of fused-ring (bicyclic) bond motifs is 5. The second-order valence-electron chi connectivity index (χ2n) is 8.52. The topological polar surface area (TPSA) is 110 Å². The third-order valence-electron chi connectivity index (χ3n) is 6.81. The molecule has 2 aromatic carbocycles. The quantitative estimate of drug-likeness (QED) is 0.402. The molecule has 9 nitrogen and oxygen atoms in total. The number of rotatable bonds is 4. The molecule has 2 amide bonds. The molecule has 4 atom stereocenters. The number of anilines is 1. The van der Waals surface area contributed by atoms with Gasteiger partial charge in [-0.05, 0) is 36.6 Å². The number of nitrogens with zero attached hydrogens (tertiary/aromatic N) is 3. The highest BCUT2D eigenvalue weighted by Crippen LogP contribution is 2.53. The molecule has 2 fully saturated rings. The average Bonchev–Trinajstić information content (AvgIpc) is 3.26. The first-order chi connectivity index (χ1) is 15.8. The summed E-state index contributed by atoms with van der Waals surface area (Å²) in [6.45, 7) is 3.03. The van der Waals surface area contributed by atoms with Gasteiger partial charge in [0.05, 0.1) is 41.6 Å². The van der Waals surface area contributed by atoms with Gasteiger partial charge in [-0.3, -0.25) is 24.5 Å². The number of Topliss-reactive ketones (excluding diaryl/α,β-unsaturated/α-hetero) is 1. The van der Waals surface area contributed by atoms with Crippen LogP contribution in [-0.4, -0.2) is 40.6 Å². The van der Waals surface area contributed by atoms with E-state index in [0.717, 1.165) is 16.0 Å². The number of amides is 2. The van der Waals surface area contributed by atoms with Crippen LogP contribution in [-0.2, 0) is 14.4 Å². The molecule has 0 spiro atoms. The highest BCUT2D eigenvalue weighted by Gasteiger charge is 2.64. The van der Waals surface area contributed by atoms with Crippen LogP contribution >= 0.6 is 0 Å². The lowest BCUT2D eigenvalue weighted by Crippen LogP contribution is -2.43. The molecule has 3 heterocycles. The minimum Gasteiger partial charge on any atom is -0.490 e. The van der Waals surface area contributed by atoms with Crippen LogP contribution in [0.4, 0.5) is 11.4 Å². The van der Waals surface area contributed by atoms with Gasteiger partial charge in [0.15, 0.2) is 11.5 Å². The monoisotopic (exact) mass is 447 g/mol. The number of carbonyl (C=O) groups is 3. The first kappa shape index (κ1) is 20.9. The summed E-state index contributed by atoms with van der Waals surface area (Å²) in [6, 6.07) is 9.03. The number of nitro benzene ring substituents is 1. The lowest BCUT2D eigenvalue weighted by Gasteiger charge is -2.35. The van der Waals surface area contributed by atoms with E-state index in [-0.39, 0.29) is 22.9 Å². The van der Waals surface area contributed by atoms with Crippen LogP contribution in [0.25, 0.3) is 6.08 Å². The Kier molecular flexibility index (Phi) is 4.59. The zero-order valence-electron chi connectivity index (χ0n) is 18.2. The van der Waals surface area contributed by atoms with Gasteiger partial charge in [0, 0.05) is 18.3 Å². The molecule has 0 aromatic heterocycles. The number of carbonyl (C=O) groups excluding carboxylic acids is 3. The van der Waals surface area contributed by atoms with Gasteiger partial charge in [-0.25, -0.2) is 4.90 Å². The van der Waals surface area contributed by atoms with Gasteiger partial charge in [-0.2, -0.15) is 0 Å². The Morgan fingerprint density at radius 2 is 1.82 bits per heavy atom. The summed E-state index contributed by atoms with van der Waals surface area (Å²) in [7, 11) is 1.29. The van der Waals surface area contributed by atoms with E-state index in [2.05, 4.69) is 0 Å². The minimum atomic E-state index is -0.851. The second-order valence-corrected chi connectivity index (χ2v) is 8.52. The highest BCUT2D eigenvalue weighted by atomic mass is 16.6. The van der Waals surface area contributed by atoms with E-state index in [4.69, 9.17) is 4.74 Å². The number of imide groups is 1. The standard InChI is InChI=1S/C24H21N3O6/c1-12-10-17(27(31)32)18(33-3)11-16(12)26-23(29)19-20(24(26)30)22-15-7-5-4-6-14(15)8-9-25(22)21(19)13(2)28/h4-11,19-22H,1-3H3/t19-,20+,21+,22+/m1/s1. The van der Waals surface area contributed by atoms with Gasteiger partial charge in [0.1, 0.15) is 0 Å². The van der Waals surface area contributed by atoms with Crippen molar-refractivity contribution in [1.29, 1.82) is 0 Å².